The molecule has 0 aromatic heterocycles. The van der Waals surface area contributed by atoms with Gasteiger partial charge in [0.25, 0.3) is 0 Å². The minimum atomic E-state index is -1.62. The highest BCUT2D eigenvalue weighted by molar-refractivity contribution is 6.19. The number of carbonyl (C=O) groups is 2. The smallest absolute Gasteiger partial charge is 0.324 e. The first-order valence-electron chi connectivity index (χ1n) is 5.79. The zero-order valence-electron chi connectivity index (χ0n) is 10.8. The molecule has 2 rings (SSSR count). The summed E-state index contributed by atoms with van der Waals surface area (Å²) in [5, 5.41) is 12.2. The number of allylic oxidation sites excluding steroid dienone is 1. The fraction of sp³-hybridized carbons (Fsp3) is 0.286. The van der Waals surface area contributed by atoms with Crippen molar-refractivity contribution < 1.29 is 19.4 Å². The number of aliphatic carboxylic acids is 1. The number of amides is 1. The molecule has 2 N–H and O–H groups in total. The number of carbonyl (C=O) groups excluding carboxylic acids is 1. The molecule has 1 unspecified atom stereocenters. The van der Waals surface area contributed by atoms with Gasteiger partial charge in [0.05, 0.1) is 7.11 Å². The van der Waals surface area contributed by atoms with Gasteiger partial charge in [0.15, 0.2) is 5.41 Å². The lowest BCUT2D eigenvalue weighted by Gasteiger charge is -2.22. The third-order valence-corrected chi connectivity index (χ3v) is 3.25. The molecule has 1 atom stereocenters. The van der Waals surface area contributed by atoms with Gasteiger partial charge >= 0.3 is 5.97 Å². The number of ether oxygens (including phenoxy) is 1. The minimum absolute atomic E-state index is 0.0638. The Labute approximate surface area is 110 Å². The summed E-state index contributed by atoms with van der Waals surface area (Å²) in [5.41, 5.74) is -0.0505. The van der Waals surface area contributed by atoms with Crippen LogP contribution in [-0.2, 0) is 15.0 Å². The maximum absolute atomic E-state index is 12.2. The van der Waals surface area contributed by atoms with E-state index in [-0.39, 0.29) is 6.42 Å². The summed E-state index contributed by atoms with van der Waals surface area (Å²) in [4.78, 5) is 23.8. The van der Waals surface area contributed by atoms with Crippen molar-refractivity contribution in [1.82, 2.24) is 0 Å². The van der Waals surface area contributed by atoms with Crippen LogP contribution >= 0.6 is 0 Å². The van der Waals surface area contributed by atoms with Crippen molar-refractivity contribution in [2.75, 3.05) is 12.4 Å². The number of methoxy groups -OCH3 is 1. The van der Waals surface area contributed by atoms with Gasteiger partial charge in [0.1, 0.15) is 5.75 Å². The van der Waals surface area contributed by atoms with Crippen LogP contribution in [0.1, 0.15) is 18.9 Å². The van der Waals surface area contributed by atoms with Gasteiger partial charge in [0.2, 0.25) is 5.91 Å². The first-order valence-corrected chi connectivity index (χ1v) is 5.79. The van der Waals surface area contributed by atoms with Crippen molar-refractivity contribution >= 4 is 17.6 Å². The summed E-state index contributed by atoms with van der Waals surface area (Å²) in [7, 11) is 1.49. The van der Waals surface area contributed by atoms with Gasteiger partial charge in [-0.2, -0.15) is 0 Å². The molecule has 1 aromatic carbocycles. The number of hydrogen-bond acceptors (Lipinski definition) is 3. The largest absolute Gasteiger partial charge is 0.497 e. The molecule has 1 amide bonds. The number of carboxylic acid groups (broad SMARTS) is 1. The minimum Gasteiger partial charge on any atom is -0.497 e. The average Bonchev–Trinajstić information content (AvgIpc) is 2.62. The molecule has 1 aliphatic heterocycles. The summed E-state index contributed by atoms with van der Waals surface area (Å²) in [6, 6.07) is 4.91. The second kappa shape index (κ2) is 4.42. The number of carboxylic acids is 1. The lowest BCUT2D eigenvalue weighted by atomic mass is 9.76. The number of rotatable bonds is 4. The van der Waals surface area contributed by atoms with E-state index in [0.29, 0.717) is 22.6 Å². The molecule has 5 heteroatoms. The molecule has 0 spiro atoms. The predicted octanol–water partition coefficient (Wildman–Crippen LogP) is 1.94. The molecule has 0 radical (unpaired) electrons. The summed E-state index contributed by atoms with van der Waals surface area (Å²) < 4.78 is 5.10. The monoisotopic (exact) mass is 261 g/mol. The second-order valence-electron chi connectivity index (χ2n) is 4.71. The third-order valence-electron chi connectivity index (χ3n) is 3.25. The van der Waals surface area contributed by atoms with Crippen LogP contribution in [0.15, 0.2) is 30.4 Å². The third kappa shape index (κ3) is 1.87. The highest BCUT2D eigenvalue weighted by atomic mass is 16.5. The Morgan fingerprint density at radius 1 is 1.53 bits per heavy atom. The molecular weight excluding hydrogens is 246 g/mol. The van der Waals surface area contributed by atoms with E-state index < -0.39 is 17.3 Å². The molecule has 1 aliphatic rings. The average molecular weight is 261 g/mol. The highest BCUT2D eigenvalue weighted by Gasteiger charge is 2.53. The van der Waals surface area contributed by atoms with Gasteiger partial charge in [-0.25, -0.2) is 0 Å². The normalized spacial score (nSPS) is 20.6. The number of fused-ring (bicyclic) bond motifs is 1. The van der Waals surface area contributed by atoms with Gasteiger partial charge in [-0.1, -0.05) is 5.57 Å². The van der Waals surface area contributed by atoms with Crippen molar-refractivity contribution in [2.24, 2.45) is 0 Å². The Kier molecular flexibility index (Phi) is 3.06. The molecule has 5 nitrogen and oxygen atoms in total. The Balaban J connectivity index is 2.65. The summed E-state index contributed by atoms with van der Waals surface area (Å²) in [6.07, 6.45) is 0.0638. The zero-order valence-corrected chi connectivity index (χ0v) is 10.8. The van der Waals surface area contributed by atoms with Crippen molar-refractivity contribution in [3.05, 3.63) is 35.9 Å². The number of hydrogen-bond donors (Lipinski definition) is 2. The van der Waals surface area contributed by atoms with Crippen LogP contribution in [0.4, 0.5) is 5.69 Å². The van der Waals surface area contributed by atoms with E-state index in [4.69, 9.17) is 4.74 Å². The first kappa shape index (κ1) is 13.1. The van der Waals surface area contributed by atoms with E-state index in [9.17, 15) is 14.7 Å². The number of benzene rings is 1. The maximum atomic E-state index is 12.2. The quantitative estimate of drug-likeness (QED) is 0.641. The van der Waals surface area contributed by atoms with Crippen LogP contribution in [0, 0.1) is 0 Å². The maximum Gasteiger partial charge on any atom is 0.324 e. The van der Waals surface area contributed by atoms with Gasteiger partial charge in [-0.05, 0) is 31.5 Å². The molecule has 100 valence electrons. The van der Waals surface area contributed by atoms with Gasteiger partial charge in [-0.3, -0.25) is 9.59 Å². The molecule has 1 aromatic rings. The second-order valence-corrected chi connectivity index (χ2v) is 4.71. The summed E-state index contributed by atoms with van der Waals surface area (Å²) in [6.45, 7) is 5.43. The van der Waals surface area contributed by atoms with Crippen LogP contribution in [-0.4, -0.2) is 24.1 Å². The number of nitrogens with one attached hydrogen (secondary N) is 1. The molecule has 0 bridgehead atoms. The zero-order chi connectivity index (χ0) is 14.2. The van der Waals surface area contributed by atoms with E-state index >= 15 is 0 Å². The van der Waals surface area contributed by atoms with Crippen molar-refractivity contribution in [1.29, 1.82) is 0 Å². The van der Waals surface area contributed by atoms with E-state index in [1.54, 1.807) is 25.1 Å². The predicted molar refractivity (Wildman–Crippen MR) is 70.4 cm³/mol. The summed E-state index contributed by atoms with van der Waals surface area (Å²) >= 11 is 0. The lowest BCUT2D eigenvalue weighted by molar-refractivity contribution is -0.147. The molecule has 19 heavy (non-hydrogen) atoms. The Bertz CT molecular complexity index is 579. The number of anilines is 1. The van der Waals surface area contributed by atoms with E-state index in [2.05, 4.69) is 11.9 Å². The fourth-order valence-electron chi connectivity index (χ4n) is 2.38. The van der Waals surface area contributed by atoms with Crippen LogP contribution in [0.25, 0.3) is 0 Å². The molecule has 0 saturated heterocycles. The molecule has 0 saturated carbocycles. The lowest BCUT2D eigenvalue weighted by Crippen LogP contribution is -2.42. The topological polar surface area (TPSA) is 75.6 Å². The molecule has 0 aliphatic carbocycles. The Morgan fingerprint density at radius 3 is 2.74 bits per heavy atom. The standard InChI is InChI=1S/C14H15NO4/c1-8(2)7-14(13(17)18)10-6-9(19-3)4-5-11(10)15-12(14)16/h4-6H,1,7H2,2-3H3,(H,15,16)(H,17,18). The molecule has 0 fully saturated rings. The molecular formula is C14H15NO4. The van der Waals surface area contributed by atoms with Crippen LogP contribution in [0.5, 0.6) is 5.75 Å². The van der Waals surface area contributed by atoms with Crippen molar-refractivity contribution in [3.63, 3.8) is 0 Å². The fourth-order valence-corrected chi connectivity index (χ4v) is 2.38. The highest BCUT2D eigenvalue weighted by Crippen LogP contribution is 2.43. The van der Waals surface area contributed by atoms with Crippen LogP contribution in [0.2, 0.25) is 0 Å². The van der Waals surface area contributed by atoms with Crippen molar-refractivity contribution in [3.8, 4) is 5.75 Å². The van der Waals surface area contributed by atoms with E-state index in [1.165, 1.54) is 7.11 Å². The van der Waals surface area contributed by atoms with Gasteiger partial charge in [0, 0.05) is 11.3 Å². The Morgan fingerprint density at radius 2 is 2.21 bits per heavy atom. The SMILES string of the molecule is C=C(C)CC1(C(=O)O)C(=O)Nc2ccc(OC)cc21. The van der Waals surface area contributed by atoms with E-state index in [1.807, 2.05) is 0 Å². The van der Waals surface area contributed by atoms with Crippen LogP contribution in [0.3, 0.4) is 0 Å². The molecule has 1 heterocycles. The van der Waals surface area contributed by atoms with Gasteiger partial charge in [-0.15, -0.1) is 6.58 Å². The first-order chi connectivity index (χ1) is 8.91. The Hall–Kier alpha value is -2.30. The van der Waals surface area contributed by atoms with Crippen LogP contribution < -0.4 is 10.1 Å². The van der Waals surface area contributed by atoms with Gasteiger partial charge < -0.3 is 15.2 Å². The van der Waals surface area contributed by atoms with E-state index in [0.717, 1.165) is 0 Å². The summed E-state index contributed by atoms with van der Waals surface area (Å²) in [5.74, 6) is -1.20. The van der Waals surface area contributed by atoms with Crippen molar-refractivity contribution in [2.45, 2.75) is 18.8 Å².